The molecule has 9 heteroatoms. The van der Waals surface area contributed by atoms with E-state index >= 15 is 0 Å². The lowest BCUT2D eigenvalue weighted by Gasteiger charge is -2.45. The molecule has 0 aliphatic rings. The molecule has 33 heavy (non-hydrogen) atoms. The molecule has 0 saturated carbocycles. The Morgan fingerprint density at radius 1 is 0.970 bits per heavy atom. The topological polar surface area (TPSA) is 133 Å². The molecule has 4 atom stereocenters. The number of nitrogens with one attached hydrogen (secondary N) is 1. The van der Waals surface area contributed by atoms with Crippen LogP contribution in [0, 0.1) is 11.8 Å². The Hall–Kier alpha value is -1.84. The van der Waals surface area contributed by atoms with Gasteiger partial charge in [-0.15, -0.1) is 0 Å². The van der Waals surface area contributed by atoms with E-state index in [1.165, 1.54) is 14.0 Å². The minimum atomic E-state index is -2.72. The summed E-state index contributed by atoms with van der Waals surface area (Å²) in [5.41, 5.74) is -5.94. The maximum Gasteiger partial charge on any atom is 0.346 e. The van der Waals surface area contributed by atoms with Gasteiger partial charge in [0.2, 0.25) is 11.4 Å². The van der Waals surface area contributed by atoms with E-state index < -0.39 is 52.3 Å². The zero-order valence-corrected chi connectivity index (χ0v) is 22.1. The fraction of sp³-hybridized carbons (Fsp3) is 0.833. The molecule has 3 N–H and O–H groups in total. The number of carbonyl (C=O) groups is 4. The van der Waals surface area contributed by atoms with Gasteiger partial charge in [0.1, 0.15) is 11.7 Å². The minimum Gasteiger partial charge on any atom is -0.457 e. The van der Waals surface area contributed by atoms with Gasteiger partial charge in [0.05, 0.1) is 6.04 Å². The molecule has 0 rings (SSSR count). The number of hydrogen-bond donors (Lipinski definition) is 3. The third-order valence-corrected chi connectivity index (χ3v) is 5.36. The predicted molar refractivity (Wildman–Crippen MR) is 125 cm³/mol. The third kappa shape index (κ3) is 7.58. The van der Waals surface area contributed by atoms with Crippen molar-refractivity contribution in [2.45, 2.75) is 104 Å². The molecule has 0 aromatic heterocycles. The van der Waals surface area contributed by atoms with E-state index in [4.69, 9.17) is 4.74 Å². The van der Waals surface area contributed by atoms with Crippen molar-refractivity contribution in [1.82, 2.24) is 10.2 Å². The molecule has 0 saturated heterocycles. The number of aliphatic hydroxyl groups is 2. The average Bonchev–Trinajstić information content (AvgIpc) is 2.66. The molecule has 9 nitrogen and oxygen atoms in total. The molecule has 0 heterocycles. The smallest absolute Gasteiger partial charge is 0.346 e. The average molecular weight is 473 g/mol. The number of carbonyl (C=O) groups excluding carboxylic acids is 4. The number of amides is 1. The first kappa shape index (κ1) is 31.2. The maximum absolute atomic E-state index is 14.0. The van der Waals surface area contributed by atoms with E-state index in [0.29, 0.717) is 6.42 Å². The van der Waals surface area contributed by atoms with Gasteiger partial charge in [-0.25, -0.2) is 4.79 Å². The van der Waals surface area contributed by atoms with Crippen LogP contribution >= 0.6 is 0 Å². The molecular weight excluding hydrogens is 428 g/mol. The van der Waals surface area contributed by atoms with E-state index in [1.54, 1.807) is 41.7 Å². The van der Waals surface area contributed by atoms with Crippen LogP contribution in [-0.4, -0.2) is 81.5 Å². The van der Waals surface area contributed by atoms with Gasteiger partial charge in [-0.1, -0.05) is 27.7 Å². The number of ketones is 2. The number of hydrogen-bond acceptors (Lipinski definition) is 8. The van der Waals surface area contributed by atoms with Crippen LogP contribution in [0.5, 0.6) is 0 Å². The van der Waals surface area contributed by atoms with Crippen molar-refractivity contribution in [3.05, 3.63) is 0 Å². The third-order valence-electron chi connectivity index (χ3n) is 5.36. The zero-order chi connectivity index (χ0) is 26.5. The summed E-state index contributed by atoms with van der Waals surface area (Å²) in [7, 11) is 2.80. The summed E-state index contributed by atoms with van der Waals surface area (Å²) in [6.07, 6.45) is -1.31. The number of rotatable bonds is 12. The van der Waals surface area contributed by atoms with Crippen LogP contribution in [0.1, 0.15) is 75.2 Å². The standard InChI is InChI=1S/C24H44N2O7/c1-14(2)12-17(25-10)18(28)24(13-15(3)4,26(11)19(29)16(5)27)20(30)23(9,32)21(31)33-22(6,7)8/h14-17,25,27,32H,12-13H2,1-11H3/t16-,17+,23+,24-/m1/s1. The highest BCUT2D eigenvalue weighted by molar-refractivity contribution is 6.23. The maximum atomic E-state index is 14.0. The molecule has 0 aliphatic heterocycles. The Balaban J connectivity index is 7.04. The molecular formula is C24H44N2O7. The van der Waals surface area contributed by atoms with Crippen LogP contribution in [0.15, 0.2) is 0 Å². The van der Waals surface area contributed by atoms with Crippen LogP contribution in [0.2, 0.25) is 0 Å². The first-order valence-electron chi connectivity index (χ1n) is 11.4. The Kier molecular flexibility index (Phi) is 10.9. The molecule has 0 unspecified atom stereocenters. The van der Waals surface area contributed by atoms with Crippen LogP contribution in [0.3, 0.4) is 0 Å². The molecule has 0 aromatic rings. The molecule has 0 radical (unpaired) electrons. The second kappa shape index (κ2) is 11.5. The van der Waals surface area contributed by atoms with Gasteiger partial charge < -0.3 is 25.2 Å². The largest absolute Gasteiger partial charge is 0.457 e. The fourth-order valence-electron chi connectivity index (χ4n) is 3.81. The number of Topliss-reactive ketones (excluding diaryl/α,β-unsaturated/α-hetero) is 2. The molecule has 0 aliphatic carbocycles. The highest BCUT2D eigenvalue weighted by Crippen LogP contribution is 2.34. The molecule has 0 fully saturated rings. The predicted octanol–water partition coefficient (Wildman–Crippen LogP) is 1.48. The fourth-order valence-corrected chi connectivity index (χ4v) is 3.81. The number of likely N-dealkylation sites (N-methyl/N-ethyl adjacent to an activating group) is 2. The van der Waals surface area contributed by atoms with Crippen molar-refractivity contribution in [2.75, 3.05) is 14.1 Å². The van der Waals surface area contributed by atoms with Crippen molar-refractivity contribution >= 4 is 23.4 Å². The van der Waals surface area contributed by atoms with Crippen molar-refractivity contribution in [3.63, 3.8) is 0 Å². The van der Waals surface area contributed by atoms with E-state index in [0.717, 1.165) is 11.8 Å². The van der Waals surface area contributed by atoms with E-state index in [-0.39, 0.29) is 18.3 Å². The number of ether oxygens (including phenoxy) is 1. The number of esters is 1. The lowest BCUT2D eigenvalue weighted by Crippen LogP contribution is -2.71. The van der Waals surface area contributed by atoms with Crippen LogP contribution < -0.4 is 5.32 Å². The van der Waals surface area contributed by atoms with Crippen molar-refractivity contribution in [2.24, 2.45) is 11.8 Å². The molecule has 0 bridgehead atoms. The summed E-state index contributed by atoms with van der Waals surface area (Å²) in [4.78, 5) is 54.6. The summed E-state index contributed by atoms with van der Waals surface area (Å²) in [6.45, 7) is 14.3. The summed E-state index contributed by atoms with van der Waals surface area (Å²) < 4.78 is 5.25. The molecule has 0 spiro atoms. The van der Waals surface area contributed by atoms with E-state index in [9.17, 15) is 29.4 Å². The van der Waals surface area contributed by atoms with Crippen molar-refractivity contribution in [1.29, 1.82) is 0 Å². The molecule has 192 valence electrons. The summed E-state index contributed by atoms with van der Waals surface area (Å²) >= 11 is 0. The van der Waals surface area contributed by atoms with Crippen LogP contribution in [-0.2, 0) is 23.9 Å². The zero-order valence-electron chi connectivity index (χ0n) is 22.1. The molecule has 1 amide bonds. The van der Waals surface area contributed by atoms with Crippen LogP contribution in [0.4, 0.5) is 0 Å². The first-order valence-corrected chi connectivity index (χ1v) is 11.4. The van der Waals surface area contributed by atoms with Crippen LogP contribution in [0.25, 0.3) is 0 Å². The Bertz CT molecular complexity index is 723. The second-order valence-electron chi connectivity index (χ2n) is 10.8. The summed E-state index contributed by atoms with van der Waals surface area (Å²) in [6, 6.07) is -0.841. The summed E-state index contributed by atoms with van der Waals surface area (Å²) in [5.74, 6) is -4.13. The Labute approximate surface area is 198 Å². The SMILES string of the molecule is CN[C@@H](CC(C)C)C(=O)[C@](CC(C)C)(C(=O)[C@](C)(O)C(=O)OC(C)(C)C)N(C)C(=O)[C@@H](C)O. The second-order valence-corrected chi connectivity index (χ2v) is 10.8. The quantitative estimate of drug-likeness (QED) is 0.287. The van der Waals surface area contributed by atoms with Gasteiger partial charge in [0.15, 0.2) is 11.3 Å². The lowest BCUT2D eigenvalue weighted by atomic mass is 9.71. The monoisotopic (exact) mass is 472 g/mol. The Morgan fingerprint density at radius 2 is 1.45 bits per heavy atom. The van der Waals surface area contributed by atoms with Gasteiger partial charge in [-0.2, -0.15) is 0 Å². The summed E-state index contributed by atoms with van der Waals surface area (Å²) in [5, 5.41) is 24.0. The van der Waals surface area contributed by atoms with Gasteiger partial charge in [0.25, 0.3) is 5.91 Å². The number of aliphatic hydroxyl groups excluding tert-OH is 1. The highest BCUT2D eigenvalue weighted by atomic mass is 16.6. The minimum absolute atomic E-state index is 0.0717. The van der Waals surface area contributed by atoms with E-state index in [2.05, 4.69) is 5.32 Å². The number of nitrogens with zero attached hydrogens (tertiary/aromatic N) is 1. The highest BCUT2D eigenvalue weighted by Gasteiger charge is 2.61. The van der Waals surface area contributed by atoms with Crippen molar-refractivity contribution in [3.8, 4) is 0 Å². The lowest BCUT2D eigenvalue weighted by molar-refractivity contribution is -0.184. The van der Waals surface area contributed by atoms with Gasteiger partial charge in [-0.05, 0) is 66.3 Å². The normalized spacial score (nSPS) is 17.7. The van der Waals surface area contributed by atoms with Gasteiger partial charge in [-0.3, -0.25) is 14.4 Å². The van der Waals surface area contributed by atoms with Gasteiger partial charge in [0, 0.05) is 7.05 Å². The Morgan fingerprint density at radius 3 is 1.79 bits per heavy atom. The molecule has 0 aromatic carbocycles. The van der Waals surface area contributed by atoms with E-state index in [1.807, 2.05) is 13.8 Å². The van der Waals surface area contributed by atoms with Gasteiger partial charge >= 0.3 is 5.97 Å². The van der Waals surface area contributed by atoms with Crippen molar-refractivity contribution < 1.29 is 34.1 Å². The first-order chi connectivity index (χ1) is 14.7.